The largest absolute Gasteiger partial charge is 0.497 e. The predicted octanol–water partition coefficient (Wildman–Crippen LogP) is 6.37. The number of methoxy groups -OCH3 is 1. The van der Waals surface area contributed by atoms with Crippen molar-refractivity contribution in [2.75, 3.05) is 17.7 Å². The first-order chi connectivity index (χ1) is 14.9. The minimum atomic E-state index is -0.403. The first-order valence-corrected chi connectivity index (χ1v) is 11.0. The van der Waals surface area contributed by atoms with E-state index in [2.05, 4.69) is 10.6 Å². The van der Waals surface area contributed by atoms with Gasteiger partial charge in [0.05, 0.1) is 28.1 Å². The Kier molecular flexibility index (Phi) is 7.85. The van der Waals surface area contributed by atoms with E-state index in [0.717, 1.165) is 4.90 Å². The number of halogens is 2. The number of thioether (sulfide) groups is 1. The van der Waals surface area contributed by atoms with Gasteiger partial charge in [-0.3, -0.25) is 9.59 Å². The second kappa shape index (κ2) is 10.6. The highest BCUT2D eigenvalue weighted by Crippen LogP contribution is 2.31. The van der Waals surface area contributed by atoms with Crippen LogP contribution in [-0.2, 0) is 4.79 Å². The summed E-state index contributed by atoms with van der Waals surface area (Å²) in [5, 5.41) is 5.93. The molecule has 2 N–H and O–H groups in total. The number of carbonyl (C=O) groups excluding carboxylic acids is 2. The molecule has 0 radical (unpaired) electrons. The molecule has 0 saturated carbocycles. The Morgan fingerprint density at radius 1 is 0.968 bits per heavy atom. The number of ether oxygens (including phenoxy) is 1. The molecule has 0 fully saturated rings. The molecule has 0 aliphatic rings. The molecule has 0 bridgehead atoms. The van der Waals surface area contributed by atoms with Crippen LogP contribution < -0.4 is 15.4 Å². The van der Waals surface area contributed by atoms with Gasteiger partial charge >= 0.3 is 0 Å². The van der Waals surface area contributed by atoms with Crippen molar-refractivity contribution in [2.24, 2.45) is 0 Å². The quantitative estimate of drug-likeness (QED) is 0.390. The van der Waals surface area contributed by atoms with Crippen molar-refractivity contribution in [2.45, 2.75) is 17.1 Å². The fraction of sp³-hybridized carbons (Fsp3) is 0.130. The summed E-state index contributed by atoms with van der Waals surface area (Å²) >= 11 is 13.5. The molecule has 0 aromatic heterocycles. The molecule has 160 valence electrons. The third kappa shape index (κ3) is 6.17. The van der Waals surface area contributed by atoms with Gasteiger partial charge in [-0.1, -0.05) is 41.4 Å². The molecule has 31 heavy (non-hydrogen) atoms. The molecule has 0 spiro atoms. The van der Waals surface area contributed by atoms with E-state index in [9.17, 15) is 9.59 Å². The summed E-state index contributed by atoms with van der Waals surface area (Å²) in [6.45, 7) is 1.79. The summed E-state index contributed by atoms with van der Waals surface area (Å²) in [5.74, 6) is 0.152. The highest BCUT2D eigenvalue weighted by molar-refractivity contribution is 8.00. The monoisotopic (exact) mass is 474 g/mol. The summed E-state index contributed by atoms with van der Waals surface area (Å²) in [6.07, 6.45) is 0. The third-order valence-corrected chi connectivity index (χ3v) is 6.23. The van der Waals surface area contributed by atoms with Crippen LogP contribution in [0.5, 0.6) is 5.75 Å². The molecular weight excluding hydrogens is 455 g/mol. The van der Waals surface area contributed by atoms with Gasteiger partial charge in [-0.25, -0.2) is 0 Å². The maximum atomic E-state index is 12.6. The minimum absolute atomic E-state index is 0.208. The molecule has 3 rings (SSSR count). The van der Waals surface area contributed by atoms with Crippen LogP contribution in [0.2, 0.25) is 10.0 Å². The van der Waals surface area contributed by atoms with Crippen molar-refractivity contribution >= 4 is 58.2 Å². The third-order valence-electron chi connectivity index (χ3n) is 4.32. The smallest absolute Gasteiger partial charge is 0.255 e. The number of hydrogen-bond donors (Lipinski definition) is 2. The first kappa shape index (κ1) is 23.0. The highest BCUT2D eigenvalue weighted by atomic mass is 35.5. The normalized spacial score (nSPS) is 11.5. The average Bonchev–Trinajstić information content (AvgIpc) is 2.77. The standard InChI is InChI=1S/C23H20Cl2N2O3S/c1-14(22(28)27-20-11-5-10-19(24)21(20)25)31-18-9-4-7-16(13-18)26-23(29)15-6-3-8-17(12-15)30-2/h3-14H,1-2H3,(H,26,29)(H,27,28). The van der Waals surface area contributed by atoms with Gasteiger partial charge in [-0.05, 0) is 55.5 Å². The van der Waals surface area contributed by atoms with E-state index in [4.69, 9.17) is 27.9 Å². The lowest BCUT2D eigenvalue weighted by atomic mass is 10.2. The summed E-state index contributed by atoms with van der Waals surface area (Å²) in [5.41, 5.74) is 1.58. The van der Waals surface area contributed by atoms with Crippen LogP contribution in [0.25, 0.3) is 0 Å². The van der Waals surface area contributed by atoms with Crippen molar-refractivity contribution in [3.63, 3.8) is 0 Å². The maximum Gasteiger partial charge on any atom is 0.255 e. The molecule has 0 heterocycles. The van der Waals surface area contributed by atoms with Gasteiger partial charge in [-0.2, -0.15) is 0 Å². The number of amides is 2. The van der Waals surface area contributed by atoms with E-state index >= 15 is 0 Å². The molecule has 0 saturated heterocycles. The Bertz CT molecular complexity index is 1110. The van der Waals surface area contributed by atoms with Gasteiger partial charge in [0.15, 0.2) is 0 Å². The molecule has 0 aliphatic carbocycles. The van der Waals surface area contributed by atoms with E-state index in [1.165, 1.54) is 11.8 Å². The zero-order valence-electron chi connectivity index (χ0n) is 16.8. The van der Waals surface area contributed by atoms with E-state index in [-0.39, 0.29) is 11.8 Å². The van der Waals surface area contributed by atoms with Gasteiger partial charge in [0.25, 0.3) is 5.91 Å². The molecule has 5 nitrogen and oxygen atoms in total. The van der Waals surface area contributed by atoms with Crippen LogP contribution in [0.1, 0.15) is 17.3 Å². The van der Waals surface area contributed by atoms with Crippen LogP contribution in [-0.4, -0.2) is 24.2 Å². The summed E-state index contributed by atoms with van der Waals surface area (Å²) in [6, 6.07) is 19.3. The number of hydrogen-bond acceptors (Lipinski definition) is 4. The van der Waals surface area contributed by atoms with Crippen LogP contribution in [0.4, 0.5) is 11.4 Å². The summed E-state index contributed by atoms with van der Waals surface area (Å²) in [7, 11) is 1.55. The highest BCUT2D eigenvalue weighted by Gasteiger charge is 2.17. The zero-order chi connectivity index (χ0) is 22.4. The number of rotatable bonds is 7. The lowest BCUT2D eigenvalue weighted by Crippen LogP contribution is -2.22. The van der Waals surface area contributed by atoms with Gasteiger partial charge in [-0.15, -0.1) is 11.8 Å². The fourth-order valence-electron chi connectivity index (χ4n) is 2.71. The predicted molar refractivity (Wildman–Crippen MR) is 128 cm³/mol. The lowest BCUT2D eigenvalue weighted by Gasteiger charge is -2.14. The van der Waals surface area contributed by atoms with E-state index in [0.29, 0.717) is 32.7 Å². The Morgan fingerprint density at radius 3 is 2.48 bits per heavy atom. The Balaban J connectivity index is 1.64. The number of benzene rings is 3. The van der Waals surface area contributed by atoms with Crippen LogP contribution in [0.3, 0.4) is 0 Å². The molecule has 2 amide bonds. The average molecular weight is 475 g/mol. The van der Waals surface area contributed by atoms with Gasteiger partial charge < -0.3 is 15.4 Å². The van der Waals surface area contributed by atoms with Crippen LogP contribution >= 0.6 is 35.0 Å². The van der Waals surface area contributed by atoms with Gasteiger partial charge in [0, 0.05) is 16.1 Å². The van der Waals surface area contributed by atoms with Crippen LogP contribution in [0, 0.1) is 0 Å². The van der Waals surface area contributed by atoms with Crippen molar-refractivity contribution in [1.29, 1.82) is 0 Å². The molecule has 3 aromatic rings. The first-order valence-electron chi connectivity index (χ1n) is 9.34. The minimum Gasteiger partial charge on any atom is -0.497 e. The summed E-state index contributed by atoms with van der Waals surface area (Å²) < 4.78 is 5.16. The zero-order valence-corrected chi connectivity index (χ0v) is 19.1. The molecule has 3 aromatic carbocycles. The SMILES string of the molecule is COc1cccc(C(=O)Nc2cccc(SC(C)C(=O)Nc3cccc(Cl)c3Cl)c2)c1. The topological polar surface area (TPSA) is 67.4 Å². The van der Waals surface area contributed by atoms with E-state index < -0.39 is 5.25 Å². The molecule has 1 atom stereocenters. The number of nitrogens with one attached hydrogen (secondary N) is 2. The lowest BCUT2D eigenvalue weighted by molar-refractivity contribution is -0.115. The molecular formula is C23H20Cl2N2O3S. The van der Waals surface area contributed by atoms with Gasteiger partial charge in [0.1, 0.15) is 5.75 Å². The van der Waals surface area contributed by atoms with Crippen molar-refractivity contribution < 1.29 is 14.3 Å². The Morgan fingerprint density at radius 2 is 1.71 bits per heavy atom. The van der Waals surface area contributed by atoms with E-state index in [1.54, 1.807) is 62.6 Å². The van der Waals surface area contributed by atoms with E-state index in [1.807, 2.05) is 18.2 Å². The van der Waals surface area contributed by atoms with Crippen molar-refractivity contribution in [3.8, 4) is 5.75 Å². The van der Waals surface area contributed by atoms with Crippen LogP contribution in [0.15, 0.2) is 71.6 Å². The number of anilines is 2. The maximum absolute atomic E-state index is 12.6. The Hall–Kier alpha value is -2.67. The molecule has 8 heteroatoms. The number of carbonyl (C=O) groups is 2. The van der Waals surface area contributed by atoms with Crippen molar-refractivity contribution in [1.82, 2.24) is 0 Å². The second-order valence-electron chi connectivity index (χ2n) is 6.56. The molecule has 1 unspecified atom stereocenters. The summed E-state index contributed by atoms with van der Waals surface area (Å²) in [4.78, 5) is 25.9. The fourth-order valence-corrected chi connectivity index (χ4v) is 3.98. The Labute approximate surface area is 195 Å². The van der Waals surface area contributed by atoms with Gasteiger partial charge in [0.2, 0.25) is 5.91 Å². The molecule has 0 aliphatic heterocycles. The second-order valence-corrected chi connectivity index (χ2v) is 8.76. The van der Waals surface area contributed by atoms with Crippen molar-refractivity contribution in [3.05, 3.63) is 82.3 Å².